The van der Waals surface area contributed by atoms with E-state index >= 15 is 0 Å². The molecule has 3 fully saturated rings. The second kappa shape index (κ2) is 6.55. The lowest BCUT2D eigenvalue weighted by atomic mass is 9.94. The first-order valence-electron chi connectivity index (χ1n) is 9.03. The van der Waals surface area contributed by atoms with Crippen LogP contribution in [0, 0.1) is 12.8 Å². The van der Waals surface area contributed by atoms with Crippen molar-refractivity contribution in [1.29, 1.82) is 0 Å². The predicted molar refractivity (Wildman–Crippen MR) is 95.6 cm³/mol. The van der Waals surface area contributed by atoms with Gasteiger partial charge in [0.2, 0.25) is 0 Å². The lowest BCUT2D eigenvalue weighted by molar-refractivity contribution is 0.0573. The van der Waals surface area contributed by atoms with Crippen molar-refractivity contribution in [2.24, 2.45) is 13.0 Å². The van der Waals surface area contributed by atoms with Gasteiger partial charge in [-0.1, -0.05) is 0 Å². The molecule has 5 rings (SSSR count). The molecule has 7 heteroatoms. The molecule has 0 aliphatic carbocycles. The molecule has 3 aliphatic rings. The molecule has 136 valence electrons. The zero-order chi connectivity index (χ0) is 18.3. The molecular weight excluding hydrogens is 330 g/mol. The third-order valence-corrected chi connectivity index (χ3v) is 5.43. The van der Waals surface area contributed by atoms with Crippen molar-refractivity contribution in [2.45, 2.75) is 25.8 Å². The van der Waals surface area contributed by atoms with Gasteiger partial charge in [-0.3, -0.25) is 19.3 Å². The van der Waals surface area contributed by atoms with Gasteiger partial charge in [-0.15, -0.1) is 0 Å². The summed E-state index contributed by atoms with van der Waals surface area (Å²) in [4.78, 5) is 33.8. The number of hydrogen-bond donors (Lipinski definition) is 0. The number of hydrogen-bond acceptors (Lipinski definition) is 4. The van der Waals surface area contributed by atoms with Gasteiger partial charge in [0.1, 0.15) is 0 Å². The molecule has 26 heavy (non-hydrogen) atoms. The van der Waals surface area contributed by atoms with Crippen LogP contribution < -0.4 is 0 Å². The van der Waals surface area contributed by atoms with Crippen LogP contribution in [0.2, 0.25) is 0 Å². The van der Waals surface area contributed by atoms with Gasteiger partial charge in [0.15, 0.2) is 0 Å². The number of carbonyl (C=O) groups is 2. The molecule has 2 aromatic heterocycles. The lowest BCUT2D eigenvalue weighted by Crippen LogP contribution is -2.47. The van der Waals surface area contributed by atoms with Crippen LogP contribution >= 0.6 is 0 Å². The predicted octanol–water partition coefficient (Wildman–Crippen LogP) is 1.50. The summed E-state index contributed by atoms with van der Waals surface area (Å²) in [6.07, 6.45) is 7.06. The van der Waals surface area contributed by atoms with Crippen LogP contribution in [-0.2, 0) is 7.05 Å². The average molecular weight is 353 g/mol. The van der Waals surface area contributed by atoms with Crippen molar-refractivity contribution in [1.82, 2.24) is 24.6 Å². The van der Waals surface area contributed by atoms with Gasteiger partial charge in [-0.05, 0) is 37.8 Å². The molecule has 2 atom stereocenters. The Hall–Kier alpha value is -2.70. The van der Waals surface area contributed by atoms with Gasteiger partial charge in [0, 0.05) is 56.9 Å². The number of pyridine rings is 1. The summed E-state index contributed by atoms with van der Waals surface area (Å²) in [6.45, 7) is 3.86. The van der Waals surface area contributed by atoms with Crippen LogP contribution in [0.3, 0.4) is 0 Å². The van der Waals surface area contributed by atoms with Crippen molar-refractivity contribution >= 4 is 11.8 Å². The number of aryl methyl sites for hydroxylation is 2. The van der Waals surface area contributed by atoms with E-state index < -0.39 is 0 Å². The van der Waals surface area contributed by atoms with Crippen molar-refractivity contribution in [3.8, 4) is 0 Å². The van der Waals surface area contributed by atoms with Gasteiger partial charge in [0.25, 0.3) is 11.8 Å². The van der Waals surface area contributed by atoms with E-state index in [-0.39, 0.29) is 17.9 Å². The second-order valence-electron chi connectivity index (χ2n) is 7.30. The molecule has 2 aromatic rings. The Labute approximate surface area is 152 Å². The second-order valence-corrected chi connectivity index (χ2v) is 7.30. The number of aromatic nitrogens is 3. The Balaban J connectivity index is 1.56. The molecule has 0 spiro atoms. The first kappa shape index (κ1) is 16.8. The molecule has 2 amide bonds. The number of rotatable bonds is 2. The fourth-order valence-corrected chi connectivity index (χ4v) is 4.14. The molecule has 7 nitrogen and oxygen atoms in total. The van der Waals surface area contributed by atoms with Gasteiger partial charge < -0.3 is 9.80 Å². The standard InChI is InChI=1S/C19H23N5O2/c1-13-17(12-22(2)21-13)19(26)24-10-14-3-4-16(24)11-23(9-14)18(25)15-5-7-20-8-6-15/h5-8,12,14,16H,3-4,9-11H2,1-2H3. The molecule has 0 N–H and O–H groups in total. The van der Waals surface area contributed by atoms with Crippen LogP contribution in [0.4, 0.5) is 0 Å². The van der Waals surface area contributed by atoms with E-state index in [9.17, 15) is 9.59 Å². The van der Waals surface area contributed by atoms with Crippen molar-refractivity contribution in [3.63, 3.8) is 0 Å². The number of amides is 2. The van der Waals surface area contributed by atoms with Gasteiger partial charge in [-0.2, -0.15) is 5.10 Å². The average Bonchev–Trinajstić information content (AvgIpc) is 2.82. The van der Waals surface area contributed by atoms with E-state index in [4.69, 9.17) is 0 Å². The monoisotopic (exact) mass is 353 g/mol. The highest BCUT2D eigenvalue weighted by atomic mass is 16.2. The lowest BCUT2D eigenvalue weighted by Gasteiger charge is -2.36. The summed E-state index contributed by atoms with van der Waals surface area (Å²) in [7, 11) is 1.83. The molecule has 0 radical (unpaired) electrons. The molecule has 0 aromatic carbocycles. The van der Waals surface area contributed by atoms with Gasteiger partial charge in [0.05, 0.1) is 11.3 Å². The van der Waals surface area contributed by atoms with Gasteiger partial charge >= 0.3 is 0 Å². The number of carbonyl (C=O) groups excluding carboxylic acids is 2. The summed E-state index contributed by atoms with van der Waals surface area (Å²) in [5, 5.41) is 4.29. The SMILES string of the molecule is Cc1nn(C)cc1C(=O)N1CC2CCC1CN(C(=O)c1ccncc1)C2. The maximum absolute atomic E-state index is 13.1. The minimum Gasteiger partial charge on any atom is -0.336 e. The minimum absolute atomic E-state index is 0.0242. The summed E-state index contributed by atoms with van der Waals surface area (Å²) in [5.41, 5.74) is 2.07. The van der Waals surface area contributed by atoms with Gasteiger partial charge in [-0.25, -0.2) is 0 Å². The number of piperidine rings is 1. The van der Waals surface area contributed by atoms with Crippen LogP contribution in [-0.4, -0.2) is 62.1 Å². The first-order valence-corrected chi connectivity index (χ1v) is 9.03. The smallest absolute Gasteiger partial charge is 0.257 e. The van der Waals surface area contributed by atoms with E-state index in [0.717, 1.165) is 18.5 Å². The molecule has 5 heterocycles. The highest BCUT2D eigenvalue weighted by Crippen LogP contribution is 2.30. The Bertz CT molecular complexity index is 832. The third-order valence-electron chi connectivity index (χ3n) is 5.43. The molecular formula is C19H23N5O2. The normalized spacial score (nSPS) is 22.4. The van der Waals surface area contributed by atoms with Crippen LogP contribution in [0.15, 0.2) is 30.7 Å². The Morgan fingerprint density at radius 2 is 1.85 bits per heavy atom. The van der Waals surface area contributed by atoms with Crippen molar-refractivity contribution in [2.75, 3.05) is 19.6 Å². The minimum atomic E-state index is 0.0242. The maximum atomic E-state index is 13.1. The van der Waals surface area contributed by atoms with E-state index in [0.29, 0.717) is 36.7 Å². The maximum Gasteiger partial charge on any atom is 0.257 e. The molecule has 3 aliphatic heterocycles. The third kappa shape index (κ3) is 2.98. The van der Waals surface area contributed by atoms with E-state index in [1.54, 1.807) is 35.4 Å². The Morgan fingerprint density at radius 3 is 2.54 bits per heavy atom. The fraction of sp³-hybridized carbons (Fsp3) is 0.474. The Morgan fingerprint density at radius 1 is 1.08 bits per heavy atom. The molecule has 0 saturated carbocycles. The molecule has 2 bridgehead atoms. The highest BCUT2D eigenvalue weighted by Gasteiger charge is 2.39. The summed E-state index contributed by atoms with van der Waals surface area (Å²) in [6, 6.07) is 3.56. The number of fused-ring (bicyclic) bond motifs is 4. The number of nitrogens with zero attached hydrogens (tertiary/aromatic N) is 5. The van der Waals surface area contributed by atoms with Crippen molar-refractivity contribution in [3.05, 3.63) is 47.5 Å². The fourth-order valence-electron chi connectivity index (χ4n) is 4.14. The van der Waals surface area contributed by atoms with E-state index in [1.165, 1.54) is 0 Å². The topological polar surface area (TPSA) is 71.3 Å². The van der Waals surface area contributed by atoms with Crippen LogP contribution in [0.1, 0.15) is 39.3 Å². The highest BCUT2D eigenvalue weighted by molar-refractivity contribution is 5.96. The van der Waals surface area contributed by atoms with E-state index in [1.807, 2.05) is 23.8 Å². The van der Waals surface area contributed by atoms with Crippen LogP contribution in [0.5, 0.6) is 0 Å². The van der Waals surface area contributed by atoms with Crippen molar-refractivity contribution < 1.29 is 9.59 Å². The molecule has 3 saturated heterocycles. The van der Waals surface area contributed by atoms with E-state index in [2.05, 4.69) is 10.1 Å². The summed E-state index contributed by atoms with van der Waals surface area (Å²) < 4.78 is 1.68. The zero-order valence-corrected chi connectivity index (χ0v) is 15.1. The first-order chi connectivity index (χ1) is 12.5. The zero-order valence-electron chi connectivity index (χ0n) is 15.1. The quantitative estimate of drug-likeness (QED) is 0.820. The Kier molecular flexibility index (Phi) is 4.22. The summed E-state index contributed by atoms with van der Waals surface area (Å²) in [5.74, 6) is 0.375. The largest absolute Gasteiger partial charge is 0.336 e. The van der Waals surface area contributed by atoms with Crippen LogP contribution in [0.25, 0.3) is 0 Å². The summed E-state index contributed by atoms with van der Waals surface area (Å²) >= 11 is 0. The molecule has 2 unspecified atom stereocenters.